The van der Waals surface area contributed by atoms with Crippen molar-refractivity contribution in [2.45, 2.75) is 30.2 Å². The third-order valence-corrected chi connectivity index (χ3v) is 6.09. The van der Waals surface area contributed by atoms with Crippen LogP contribution in [0.5, 0.6) is 11.5 Å². The van der Waals surface area contributed by atoms with Gasteiger partial charge in [0.1, 0.15) is 16.4 Å². The van der Waals surface area contributed by atoms with Gasteiger partial charge in [0.25, 0.3) is 5.91 Å². The molecule has 1 unspecified atom stereocenters. The average molecular weight is 392 g/mol. The Kier molecular flexibility index (Phi) is 5.53. The number of carbonyl (C=O) groups is 1. The van der Waals surface area contributed by atoms with E-state index >= 15 is 0 Å². The average Bonchev–Trinajstić information content (AvgIpc) is 3.38. The summed E-state index contributed by atoms with van der Waals surface area (Å²) in [7, 11) is -2.50. The lowest BCUT2D eigenvalue weighted by Gasteiger charge is -2.29. The van der Waals surface area contributed by atoms with Crippen LogP contribution in [0.15, 0.2) is 17.0 Å². The number of hydrogen-bond donors (Lipinski definition) is 3. The van der Waals surface area contributed by atoms with Crippen LogP contribution in [0.3, 0.4) is 0 Å². The predicted molar refractivity (Wildman–Crippen MR) is 94.9 cm³/mol. The molecule has 1 aromatic rings. The fourth-order valence-electron chi connectivity index (χ4n) is 2.83. The molecule has 4 N–H and O–H groups in total. The maximum absolute atomic E-state index is 12.9. The number of ether oxygens (including phenoxy) is 2. The van der Waals surface area contributed by atoms with Gasteiger partial charge in [-0.3, -0.25) is 4.79 Å². The Hall–Kier alpha value is -1.55. The van der Waals surface area contributed by atoms with Crippen molar-refractivity contribution in [3.8, 4) is 11.5 Å². The van der Waals surface area contributed by atoms with Crippen LogP contribution in [-0.4, -0.2) is 40.1 Å². The number of anilines is 1. The molecular weight excluding hydrogens is 370 g/mol. The minimum Gasteiger partial charge on any atom is -0.495 e. The van der Waals surface area contributed by atoms with Gasteiger partial charge in [-0.25, -0.2) is 13.1 Å². The lowest BCUT2D eigenvalue weighted by atomic mass is 9.98. The minimum absolute atomic E-state index is 0. The number of fused-ring (bicyclic) bond motifs is 1. The largest absolute Gasteiger partial charge is 0.495 e. The number of amides is 1. The Balaban J connectivity index is 0.00000225. The molecule has 3 rings (SSSR count). The third kappa shape index (κ3) is 3.84. The van der Waals surface area contributed by atoms with Gasteiger partial charge in [-0.15, -0.1) is 12.4 Å². The van der Waals surface area contributed by atoms with E-state index in [9.17, 15) is 13.2 Å². The van der Waals surface area contributed by atoms with Crippen molar-refractivity contribution in [3.63, 3.8) is 0 Å². The monoisotopic (exact) mass is 391 g/mol. The lowest BCUT2D eigenvalue weighted by molar-refractivity contribution is -0.118. The number of benzene rings is 1. The van der Waals surface area contributed by atoms with E-state index in [0.717, 1.165) is 12.8 Å². The first-order chi connectivity index (χ1) is 11.3. The van der Waals surface area contributed by atoms with Crippen molar-refractivity contribution in [2.75, 3.05) is 25.6 Å². The lowest BCUT2D eigenvalue weighted by Crippen LogP contribution is -2.53. The molecule has 0 spiro atoms. The molecule has 25 heavy (non-hydrogen) atoms. The molecular formula is C15H22ClN3O5S. The Morgan fingerprint density at radius 2 is 2.12 bits per heavy atom. The normalized spacial score (nSPS) is 18.9. The number of hydrogen-bond acceptors (Lipinski definition) is 6. The molecule has 1 saturated carbocycles. The summed E-state index contributed by atoms with van der Waals surface area (Å²) >= 11 is 0. The highest BCUT2D eigenvalue weighted by atomic mass is 35.5. The second kappa shape index (κ2) is 6.99. The maximum atomic E-state index is 12.9. The maximum Gasteiger partial charge on any atom is 0.262 e. The van der Waals surface area contributed by atoms with E-state index in [1.54, 1.807) is 0 Å². The molecule has 1 aliphatic heterocycles. The van der Waals surface area contributed by atoms with E-state index in [1.807, 2.05) is 6.92 Å². The summed E-state index contributed by atoms with van der Waals surface area (Å²) < 4.78 is 39.0. The highest BCUT2D eigenvalue weighted by Crippen LogP contribution is 2.41. The van der Waals surface area contributed by atoms with Crippen LogP contribution in [0, 0.1) is 5.92 Å². The molecule has 1 heterocycles. The summed E-state index contributed by atoms with van der Waals surface area (Å²) in [6.07, 6.45) is 1.90. The first-order valence-corrected chi connectivity index (χ1v) is 9.16. The van der Waals surface area contributed by atoms with Crippen LogP contribution in [0.4, 0.5) is 5.69 Å². The molecule has 0 bridgehead atoms. The van der Waals surface area contributed by atoms with Crippen molar-refractivity contribution >= 4 is 34.0 Å². The number of nitrogens with one attached hydrogen (secondary N) is 2. The van der Waals surface area contributed by atoms with Crippen LogP contribution in [0.1, 0.15) is 19.8 Å². The number of halogens is 1. The van der Waals surface area contributed by atoms with Crippen molar-refractivity contribution in [1.82, 2.24) is 4.72 Å². The summed E-state index contributed by atoms with van der Waals surface area (Å²) in [5.74, 6) is 0.345. The van der Waals surface area contributed by atoms with Crippen LogP contribution >= 0.6 is 12.4 Å². The second-order valence-corrected chi connectivity index (χ2v) is 7.99. The van der Waals surface area contributed by atoms with Crippen molar-refractivity contribution in [1.29, 1.82) is 0 Å². The number of sulfonamides is 1. The smallest absolute Gasteiger partial charge is 0.262 e. The Bertz CT molecular complexity index is 782. The summed E-state index contributed by atoms with van der Waals surface area (Å²) in [6.45, 7) is 1.86. The van der Waals surface area contributed by atoms with E-state index in [2.05, 4.69) is 10.0 Å². The van der Waals surface area contributed by atoms with E-state index in [0.29, 0.717) is 5.69 Å². The van der Waals surface area contributed by atoms with Crippen LogP contribution < -0.4 is 25.2 Å². The van der Waals surface area contributed by atoms with Crippen LogP contribution in [-0.2, 0) is 14.8 Å². The summed E-state index contributed by atoms with van der Waals surface area (Å²) in [5.41, 5.74) is 5.48. The zero-order valence-corrected chi connectivity index (χ0v) is 15.6. The predicted octanol–water partition coefficient (Wildman–Crippen LogP) is 0.854. The van der Waals surface area contributed by atoms with Crippen molar-refractivity contribution in [3.05, 3.63) is 12.1 Å². The summed E-state index contributed by atoms with van der Waals surface area (Å²) in [6, 6.07) is 2.80. The van der Waals surface area contributed by atoms with Gasteiger partial charge in [-0.2, -0.15) is 0 Å². The molecule has 2 aliphatic rings. The molecule has 1 atom stereocenters. The highest BCUT2D eigenvalue weighted by Gasteiger charge is 2.44. The number of nitrogens with two attached hydrogens (primary N) is 1. The van der Waals surface area contributed by atoms with Gasteiger partial charge in [0.05, 0.1) is 12.8 Å². The van der Waals surface area contributed by atoms with Gasteiger partial charge in [-0.05, 0) is 25.7 Å². The minimum atomic E-state index is -3.87. The summed E-state index contributed by atoms with van der Waals surface area (Å²) in [5, 5.41) is 2.62. The first kappa shape index (κ1) is 19.8. The summed E-state index contributed by atoms with van der Waals surface area (Å²) in [4.78, 5) is 11.4. The van der Waals surface area contributed by atoms with Crippen molar-refractivity contribution < 1.29 is 22.7 Å². The fraction of sp³-hybridized carbons (Fsp3) is 0.533. The Morgan fingerprint density at radius 1 is 1.44 bits per heavy atom. The zero-order chi connectivity index (χ0) is 17.5. The van der Waals surface area contributed by atoms with E-state index < -0.39 is 15.6 Å². The van der Waals surface area contributed by atoms with Gasteiger partial charge in [0.15, 0.2) is 6.61 Å². The van der Waals surface area contributed by atoms with Gasteiger partial charge in [0.2, 0.25) is 10.0 Å². The van der Waals surface area contributed by atoms with Gasteiger partial charge in [-0.1, -0.05) is 0 Å². The molecule has 1 fully saturated rings. The molecule has 1 aromatic carbocycles. The van der Waals surface area contributed by atoms with E-state index in [1.165, 1.54) is 19.2 Å². The van der Waals surface area contributed by atoms with Crippen LogP contribution in [0.25, 0.3) is 0 Å². The van der Waals surface area contributed by atoms with E-state index in [-0.39, 0.29) is 53.8 Å². The first-order valence-electron chi connectivity index (χ1n) is 7.68. The molecule has 10 heteroatoms. The van der Waals surface area contributed by atoms with E-state index in [4.69, 9.17) is 15.2 Å². The fourth-order valence-corrected chi connectivity index (χ4v) is 4.47. The number of rotatable bonds is 6. The number of carbonyl (C=O) groups excluding carboxylic acids is 1. The van der Waals surface area contributed by atoms with Gasteiger partial charge >= 0.3 is 0 Å². The topological polar surface area (TPSA) is 120 Å². The van der Waals surface area contributed by atoms with Gasteiger partial charge in [0, 0.05) is 24.2 Å². The van der Waals surface area contributed by atoms with Crippen molar-refractivity contribution in [2.24, 2.45) is 11.7 Å². The standard InChI is InChI=1S/C15H21N3O5S.ClH/c1-15(8-16,9-3-4-9)18-24(20,21)13-6-11-10(5-12(13)22-2)17-14(19)7-23-11;/h5-6,9,18H,3-4,7-8,16H2,1-2H3,(H,17,19);1H. The quantitative estimate of drug-likeness (QED) is 0.661. The SMILES string of the molecule is COc1cc2c(cc1S(=O)(=O)NC(C)(CN)C1CC1)OCC(=O)N2.Cl. The molecule has 8 nitrogen and oxygen atoms in total. The highest BCUT2D eigenvalue weighted by molar-refractivity contribution is 7.89. The molecule has 1 amide bonds. The Morgan fingerprint density at radius 3 is 2.68 bits per heavy atom. The molecule has 140 valence electrons. The molecule has 0 radical (unpaired) electrons. The molecule has 1 aliphatic carbocycles. The molecule has 0 aromatic heterocycles. The Labute approximate surface area is 152 Å². The number of methoxy groups -OCH3 is 1. The molecule has 0 saturated heterocycles. The van der Waals surface area contributed by atoms with Crippen LogP contribution in [0.2, 0.25) is 0 Å². The van der Waals surface area contributed by atoms with Gasteiger partial charge < -0.3 is 20.5 Å². The second-order valence-electron chi connectivity index (χ2n) is 6.34. The zero-order valence-electron chi connectivity index (χ0n) is 14.0. The third-order valence-electron chi connectivity index (χ3n) is 4.46.